The normalized spacial score (nSPS) is 11.7. The summed E-state index contributed by atoms with van der Waals surface area (Å²) in [4.78, 5) is 15.8. The number of anilines is 1. The van der Waals surface area contributed by atoms with E-state index in [1.54, 1.807) is 12.3 Å². The number of ether oxygens (including phenoxy) is 1. The standard InChI is InChI=1S/C15H16N2O2S/c1-11(20)13-7-8-14(16-9-13)17-15(18)19-10-12-5-3-2-4-6-12/h2-9,11,20H,10H2,1H3,(H,16,17,18). The van der Waals surface area contributed by atoms with E-state index >= 15 is 0 Å². The van der Waals surface area contributed by atoms with Crippen LogP contribution in [0.3, 0.4) is 0 Å². The largest absolute Gasteiger partial charge is 0.444 e. The van der Waals surface area contributed by atoms with Crippen LogP contribution in [0.15, 0.2) is 48.7 Å². The maximum atomic E-state index is 11.6. The van der Waals surface area contributed by atoms with Gasteiger partial charge >= 0.3 is 6.09 Å². The molecular formula is C15H16N2O2S. The van der Waals surface area contributed by atoms with Crippen LogP contribution in [0.25, 0.3) is 0 Å². The Bertz CT molecular complexity index is 556. The zero-order chi connectivity index (χ0) is 14.4. The summed E-state index contributed by atoms with van der Waals surface area (Å²) in [6.45, 7) is 2.19. The molecule has 0 saturated heterocycles. The van der Waals surface area contributed by atoms with Crippen LogP contribution < -0.4 is 5.32 Å². The summed E-state index contributed by atoms with van der Waals surface area (Å²) < 4.78 is 5.10. The quantitative estimate of drug-likeness (QED) is 0.841. The molecule has 1 aromatic carbocycles. The number of pyridine rings is 1. The SMILES string of the molecule is CC(S)c1ccc(NC(=O)OCc2ccccc2)nc1. The van der Waals surface area contributed by atoms with Crippen LogP contribution in [0.2, 0.25) is 0 Å². The van der Waals surface area contributed by atoms with Crippen LogP contribution in [0.4, 0.5) is 10.6 Å². The van der Waals surface area contributed by atoms with Gasteiger partial charge in [-0.25, -0.2) is 9.78 Å². The van der Waals surface area contributed by atoms with Crippen molar-refractivity contribution < 1.29 is 9.53 Å². The van der Waals surface area contributed by atoms with Crippen LogP contribution in [0.5, 0.6) is 0 Å². The van der Waals surface area contributed by atoms with Crippen LogP contribution >= 0.6 is 12.6 Å². The van der Waals surface area contributed by atoms with E-state index < -0.39 is 6.09 Å². The lowest BCUT2D eigenvalue weighted by molar-refractivity contribution is 0.155. The fourth-order valence-electron chi connectivity index (χ4n) is 1.59. The average Bonchev–Trinajstić information content (AvgIpc) is 2.47. The topological polar surface area (TPSA) is 51.2 Å². The molecular weight excluding hydrogens is 272 g/mol. The molecule has 0 spiro atoms. The summed E-state index contributed by atoms with van der Waals surface area (Å²) in [6.07, 6.45) is 1.16. The monoisotopic (exact) mass is 288 g/mol. The van der Waals surface area contributed by atoms with Gasteiger partial charge in [0.25, 0.3) is 0 Å². The first-order valence-electron chi connectivity index (χ1n) is 6.27. The molecule has 0 saturated carbocycles. The van der Waals surface area contributed by atoms with E-state index in [0.29, 0.717) is 5.82 Å². The minimum absolute atomic E-state index is 0.113. The molecule has 0 aliphatic heterocycles. The van der Waals surface area contributed by atoms with E-state index in [2.05, 4.69) is 22.9 Å². The molecule has 20 heavy (non-hydrogen) atoms. The Labute approximate surface area is 123 Å². The van der Waals surface area contributed by atoms with E-state index in [9.17, 15) is 4.79 Å². The second-order valence-electron chi connectivity index (χ2n) is 4.34. The van der Waals surface area contributed by atoms with E-state index in [0.717, 1.165) is 11.1 Å². The summed E-state index contributed by atoms with van der Waals surface area (Å²) in [5.41, 5.74) is 1.94. The Kier molecular flexibility index (Phi) is 5.01. The molecule has 0 aliphatic rings. The summed E-state index contributed by atoms with van der Waals surface area (Å²) in [5.74, 6) is 0.459. The van der Waals surface area contributed by atoms with Crippen LogP contribution in [0, 0.1) is 0 Å². The molecule has 1 aromatic heterocycles. The van der Waals surface area contributed by atoms with Gasteiger partial charge in [-0.2, -0.15) is 12.6 Å². The number of hydrogen-bond donors (Lipinski definition) is 2. The first-order chi connectivity index (χ1) is 9.65. The van der Waals surface area contributed by atoms with Gasteiger partial charge in [-0.3, -0.25) is 5.32 Å². The zero-order valence-corrected chi connectivity index (χ0v) is 12.0. The Hall–Kier alpha value is -2.01. The van der Waals surface area contributed by atoms with E-state index in [4.69, 9.17) is 4.74 Å². The first-order valence-corrected chi connectivity index (χ1v) is 6.78. The van der Waals surface area contributed by atoms with Crippen molar-refractivity contribution in [2.24, 2.45) is 0 Å². The summed E-state index contributed by atoms with van der Waals surface area (Å²) in [5, 5.41) is 2.69. The van der Waals surface area contributed by atoms with Crippen molar-refractivity contribution in [1.29, 1.82) is 0 Å². The van der Waals surface area contributed by atoms with E-state index in [1.807, 2.05) is 43.3 Å². The summed E-state index contributed by atoms with van der Waals surface area (Å²) in [7, 11) is 0. The zero-order valence-electron chi connectivity index (χ0n) is 11.1. The third-order valence-electron chi connectivity index (χ3n) is 2.71. The highest BCUT2D eigenvalue weighted by molar-refractivity contribution is 7.80. The lowest BCUT2D eigenvalue weighted by Crippen LogP contribution is -2.14. The minimum atomic E-state index is -0.520. The molecule has 5 heteroatoms. The number of carbonyl (C=O) groups excluding carboxylic acids is 1. The van der Waals surface area contributed by atoms with Gasteiger partial charge in [0.05, 0.1) is 0 Å². The fraction of sp³-hybridized carbons (Fsp3) is 0.200. The van der Waals surface area contributed by atoms with Gasteiger partial charge in [0, 0.05) is 11.4 Å². The van der Waals surface area contributed by atoms with Crippen molar-refractivity contribution >= 4 is 24.5 Å². The Morgan fingerprint density at radius 1 is 1.30 bits per heavy atom. The molecule has 0 fully saturated rings. The predicted octanol–water partition coefficient (Wildman–Crippen LogP) is 3.82. The van der Waals surface area contributed by atoms with Gasteiger partial charge < -0.3 is 4.74 Å². The van der Waals surface area contributed by atoms with Crippen LogP contribution in [-0.2, 0) is 11.3 Å². The number of aromatic nitrogens is 1. The summed E-state index contributed by atoms with van der Waals surface area (Å²) >= 11 is 4.31. The number of hydrogen-bond acceptors (Lipinski definition) is 4. The number of rotatable bonds is 4. The molecule has 1 atom stereocenters. The lowest BCUT2D eigenvalue weighted by Gasteiger charge is -2.08. The molecule has 0 aliphatic carbocycles. The van der Waals surface area contributed by atoms with Crippen molar-refractivity contribution in [2.75, 3.05) is 5.32 Å². The third kappa shape index (κ3) is 4.28. The Morgan fingerprint density at radius 2 is 2.05 bits per heavy atom. The number of amides is 1. The molecule has 1 unspecified atom stereocenters. The molecule has 2 aromatic rings. The molecule has 0 bridgehead atoms. The van der Waals surface area contributed by atoms with Crippen molar-refractivity contribution in [3.8, 4) is 0 Å². The molecule has 1 N–H and O–H groups in total. The van der Waals surface area contributed by atoms with Gasteiger partial charge in [-0.1, -0.05) is 36.4 Å². The van der Waals surface area contributed by atoms with Gasteiger partial charge in [-0.15, -0.1) is 0 Å². The summed E-state index contributed by atoms with van der Waals surface area (Å²) in [6, 6.07) is 13.1. The number of carbonyl (C=O) groups is 1. The Balaban J connectivity index is 1.85. The smallest absolute Gasteiger partial charge is 0.413 e. The van der Waals surface area contributed by atoms with Crippen LogP contribution in [-0.4, -0.2) is 11.1 Å². The maximum Gasteiger partial charge on any atom is 0.413 e. The van der Waals surface area contributed by atoms with Crippen molar-refractivity contribution in [2.45, 2.75) is 18.8 Å². The highest BCUT2D eigenvalue weighted by Crippen LogP contribution is 2.18. The van der Waals surface area contributed by atoms with Crippen molar-refractivity contribution in [3.63, 3.8) is 0 Å². The second kappa shape index (κ2) is 6.96. The first kappa shape index (κ1) is 14.4. The van der Waals surface area contributed by atoms with Crippen LogP contribution in [0.1, 0.15) is 23.3 Å². The van der Waals surface area contributed by atoms with E-state index in [-0.39, 0.29) is 11.9 Å². The van der Waals surface area contributed by atoms with Gasteiger partial charge in [0.2, 0.25) is 0 Å². The van der Waals surface area contributed by atoms with Crippen molar-refractivity contribution in [3.05, 3.63) is 59.8 Å². The third-order valence-corrected chi connectivity index (χ3v) is 3.01. The molecule has 104 valence electrons. The molecule has 2 rings (SSSR count). The van der Waals surface area contributed by atoms with Gasteiger partial charge in [0.1, 0.15) is 12.4 Å². The van der Waals surface area contributed by atoms with Gasteiger partial charge in [0.15, 0.2) is 0 Å². The minimum Gasteiger partial charge on any atom is -0.444 e. The molecule has 0 radical (unpaired) electrons. The maximum absolute atomic E-state index is 11.6. The molecule has 4 nitrogen and oxygen atoms in total. The molecule has 1 heterocycles. The lowest BCUT2D eigenvalue weighted by atomic mass is 10.2. The van der Waals surface area contributed by atoms with Gasteiger partial charge in [-0.05, 0) is 24.1 Å². The number of nitrogens with zero attached hydrogens (tertiary/aromatic N) is 1. The highest BCUT2D eigenvalue weighted by atomic mass is 32.1. The highest BCUT2D eigenvalue weighted by Gasteiger charge is 2.05. The average molecular weight is 288 g/mol. The second-order valence-corrected chi connectivity index (χ2v) is 5.11. The van der Waals surface area contributed by atoms with E-state index in [1.165, 1.54) is 0 Å². The number of benzene rings is 1. The molecule has 1 amide bonds. The predicted molar refractivity (Wildman–Crippen MR) is 81.9 cm³/mol. The Morgan fingerprint density at radius 3 is 2.65 bits per heavy atom. The number of nitrogens with one attached hydrogen (secondary N) is 1. The van der Waals surface area contributed by atoms with Crippen molar-refractivity contribution in [1.82, 2.24) is 4.98 Å². The fourth-order valence-corrected chi connectivity index (χ4v) is 1.74. The number of thiol groups is 1.